The quantitative estimate of drug-likeness (QED) is 0.511. The second-order valence-corrected chi connectivity index (χ2v) is 3.30. The molecule has 0 atom stereocenters. The minimum Gasteiger partial charge on any atom is -0.335 e. The first-order valence-corrected chi connectivity index (χ1v) is 4.91. The molecule has 3 heteroatoms. The molecule has 0 unspecified atom stereocenters. The molecule has 0 bridgehead atoms. The zero-order chi connectivity index (χ0) is 8.81. The largest absolute Gasteiger partial charge is 0.335 e. The van der Waals surface area contributed by atoms with Crippen LogP contribution < -0.4 is 0 Å². The minimum absolute atomic E-state index is 0.781. The van der Waals surface area contributed by atoms with E-state index in [2.05, 4.69) is 9.55 Å². The summed E-state index contributed by atoms with van der Waals surface area (Å²) in [6.07, 6.45) is 7.40. The smallest absolute Gasteiger partial charge is 0.105 e. The monoisotopic (exact) mass is 186 g/mol. The van der Waals surface area contributed by atoms with Crippen molar-refractivity contribution in [1.29, 1.82) is 0 Å². The highest BCUT2D eigenvalue weighted by molar-refractivity contribution is 6.17. The first kappa shape index (κ1) is 9.59. The summed E-state index contributed by atoms with van der Waals surface area (Å²) in [5.74, 6) is 1.88. The predicted octanol–water partition coefficient (Wildman–Crippen LogP) is 2.60. The molecule has 0 amide bonds. The summed E-state index contributed by atoms with van der Waals surface area (Å²) in [6.45, 7) is 3.10. The van der Waals surface area contributed by atoms with Crippen molar-refractivity contribution in [2.24, 2.45) is 0 Å². The second-order valence-electron chi connectivity index (χ2n) is 2.92. The molecule has 0 radical (unpaired) electrons. The Morgan fingerprint density at radius 2 is 2.25 bits per heavy atom. The Hall–Kier alpha value is -0.500. The third-order valence-electron chi connectivity index (χ3n) is 1.96. The molecule has 1 heterocycles. The van der Waals surface area contributed by atoms with Crippen molar-refractivity contribution in [3.63, 3.8) is 0 Å². The van der Waals surface area contributed by atoms with Gasteiger partial charge in [-0.25, -0.2) is 4.98 Å². The van der Waals surface area contributed by atoms with Crippen molar-refractivity contribution in [2.75, 3.05) is 5.88 Å². The average Bonchev–Trinajstić information content (AvgIpc) is 2.46. The van der Waals surface area contributed by atoms with Crippen molar-refractivity contribution in [2.45, 2.75) is 32.7 Å². The highest BCUT2D eigenvalue weighted by Crippen LogP contribution is 2.02. The molecule has 0 fully saturated rings. The molecule has 0 spiro atoms. The van der Waals surface area contributed by atoms with Crippen LogP contribution in [0.4, 0.5) is 0 Å². The molecular formula is C9H15ClN2. The lowest BCUT2D eigenvalue weighted by Crippen LogP contribution is -1.98. The number of aromatic nitrogens is 2. The standard InChI is InChI=1S/C9H15ClN2/c1-9-11-6-8-12(9)7-4-2-3-5-10/h6,8H,2-5,7H2,1H3. The summed E-state index contributed by atoms with van der Waals surface area (Å²) in [4.78, 5) is 4.15. The Morgan fingerprint density at radius 1 is 1.42 bits per heavy atom. The average molecular weight is 187 g/mol. The van der Waals surface area contributed by atoms with Crippen molar-refractivity contribution in [1.82, 2.24) is 9.55 Å². The van der Waals surface area contributed by atoms with Crippen LogP contribution in [0.2, 0.25) is 0 Å². The fraction of sp³-hybridized carbons (Fsp3) is 0.667. The molecular weight excluding hydrogens is 172 g/mol. The van der Waals surface area contributed by atoms with E-state index in [1.54, 1.807) is 0 Å². The number of unbranched alkanes of at least 4 members (excludes halogenated alkanes) is 2. The zero-order valence-corrected chi connectivity index (χ0v) is 8.22. The molecule has 1 rings (SSSR count). The lowest BCUT2D eigenvalue weighted by molar-refractivity contribution is 0.591. The van der Waals surface area contributed by atoms with Crippen LogP contribution in [0.25, 0.3) is 0 Å². The first-order chi connectivity index (χ1) is 5.84. The summed E-state index contributed by atoms with van der Waals surface area (Å²) in [6, 6.07) is 0. The molecule has 0 saturated carbocycles. The third-order valence-corrected chi connectivity index (χ3v) is 2.22. The fourth-order valence-electron chi connectivity index (χ4n) is 1.19. The fourth-order valence-corrected chi connectivity index (χ4v) is 1.38. The molecule has 0 aliphatic carbocycles. The van der Waals surface area contributed by atoms with Crippen LogP contribution in [-0.4, -0.2) is 15.4 Å². The van der Waals surface area contributed by atoms with Crippen LogP contribution in [0.3, 0.4) is 0 Å². The molecule has 1 aromatic heterocycles. The van der Waals surface area contributed by atoms with Gasteiger partial charge in [0.2, 0.25) is 0 Å². The van der Waals surface area contributed by atoms with Gasteiger partial charge in [-0.2, -0.15) is 0 Å². The van der Waals surface area contributed by atoms with Gasteiger partial charge < -0.3 is 4.57 Å². The summed E-state index contributed by atoms with van der Waals surface area (Å²) in [5, 5.41) is 0. The predicted molar refractivity (Wildman–Crippen MR) is 51.5 cm³/mol. The number of hydrogen-bond acceptors (Lipinski definition) is 1. The Kier molecular flexibility index (Phi) is 4.15. The maximum atomic E-state index is 5.57. The van der Waals surface area contributed by atoms with Gasteiger partial charge in [-0.15, -0.1) is 11.6 Å². The van der Waals surface area contributed by atoms with Crippen LogP contribution in [0.5, 0.6) is 0 Å². The van der Waals surface area contributed by atoms with E-state index in [0.29, 0.717) is 0 Å². The van der Waals surface area contributed by atoms with Crippen LogP contribution in [0, 0.1) is 6.92 Å². The number of aryl methyl sites for hydroxylation is 2. The van der Waals surface area contributed by atoms with Crippen molar-refractivity contribution in [3.05, 3.63) is 18.2 Å². The third kappa shape index (κ3) is 2.86. The van der Waals surface area contributed by atoms with Crippen LogP contribution >= 0.6 is 11.6 Å². The molecule has 2 nitrogen and oxygen atoms in total. The van der Waals surface area contributed by atoms with Gasteiger partial charge in [-0.3, -0.25) is 0 Å². The normalized spacial score (nSPS) is 10.5. The maximum absolute atomic E-state index is 5.57. The van der Waals surface area contributed by atoms with Crippen molar-refractivity contribution >= 4 is 11.6 Å². The topological polar surface area (TPSA) is 17.8 Å². The van der Waals surface area contributed by atoms with Crippen molar-refractivity contribution < 1.29 is 0 Å². The first-order valence-electron chi connectivity index (χ1n) is 4.38. The molecule has 0 aromatic carbocycles. The molecule has 0 N–H and O–H groups in total. The van der Waals surface area contributed by atoms with E-state index >= 15 is 0 Å². The van der Waals surface area contributed by atoms with Crippen LogP contribution in [-0.2, 0) is 6.54 Å². The van der Waals surface area contributed by atoms with Gasteiger partial charge in [0.25, 0.3) is 0 Å². The Labute approximate surface area is 78.6 Å². The molecule has 1 aromatic rings. The van der Waals surface area contributed by atoms with Gasteiger partial charge in [0.15, 0.2) is 0 Å². The number of hydrogen-bond donors (Lipinski definition) is 0. The van der Waals surface area contributed by atoms with E-state index in [1.165, 1.54) is 12.8 Å². The Morgan fingerprint density at radius 3 is 2.83 bits per heavy atom. The zero-order valence-electron chi connectivity index (χ0n) is 7.46. The number of alkyl halides is 1. The van der Waals surface area contributed by atoms with E-state index in [1.807, 2.05) is 19.3 Å². The lowest BCUT2D eigenvalue weighted by Gasteiger charge is -2.03. The van der Waals surface area contributed by atoms with E-state index in [4.69, 9.17) is 11.6 Å². The van der Waals surface area contributed by atoms with E-state index in [0.717, 1.165) is 24.7 Å². The molecule has 68 valence electrons. The highest BCUT2D eigenvalue weighted by Gasteiger charge is 1.95. The van der Waals surface area contributed by atoms with Crippen LogP contribution in [0.1, 0.15) is 25.1 Å². The van der Waals surface area contributed by atoms with E-state index < -0.39 is 0 Å². The van der Waals surface area contributed by atoms with Crippen molar-refractivity contribution in [3.8, 4) is 0 Å². The number of imidazole rings is 1. The van der Waals surface area contributed by atoms with Gasteiger partial charge in [0, 0.05) is 24.8 Å². The molecule has 0 saturated heterocycles. The Bertz CT molecular complexity index is 220. The Balaban J connectivity index is 2.20. The maximum Gasteiger partial charge on any atom is 0.105 e. The van der Waals surface area contributed by atoms with Crippen LogP contribution in [0.15, 0.2) is 12.4 Å². The van der Waals surface area contributed by atoms with Gasteiger partial charge in [-0.05, 0) is 19.8 Å². The lowest BCUT2D eigenvalue weighted by atomic mass is 10.2. The SMILES string of the molecule is Cc1nccn1CCCCCCl. The molecule has 0 aliphatic rings. The number of halogens is 1. The van der Waals surface area contributed by atoms with Gasteiger partial charge >= 0.3 is 0 Å². The van der Waals surface area contributed by atoms with Gasteiger partial charge in [0.1, 0.15) is 5.82 Å². The molecule has 12 heavy (non-hydrogen) atoms. The van der Waals surface area contributed by atoms with E-state index in [9.17, 15) is 0 Å². The summed E-state index contributed by atoms with van der Waals surface area (Å²) < 4.78 is 2.17. The summed E-state index contributed by atoms with van der Waals surface area (Å²) >= 11 is 5.57. The number of nitrogens with zero attached hydrogens (tertiary/aromatic N) is 2. The second kappa shape index (κ2) is 5.20. The summed E-state index contributed by atoms with van der Waals surface area (Å²) in [5.41, 5.74) is 0. The number of rotatable bonds is 5. The highest BCUT2D eigenvalue weighted by atomic mass is 35.5. The van der Waals surface area contributed by atoms with Gasteiger partial charge in [-0.1, -0.05) is 6.42 Å². The van der Waals surface area contributed by atoms with Gasteiger partial charge in [0.05, 0.1) is 0 Å². The summed E-state index contributed by atoms with van der Waals surface area (Å²) in [7, 11) is 0. The molecule has 0 aliphatic heterocycles. The minimum atomic E-state index is 0.781. The van der Waals surface area contributed by atoms with E-state index in [-0.39, 0.29) is 0 Å².